The Bertz CT molecular complexity index is 1600. The maximum atomic E-state index is 13.1. The van der Waals surface area contributed by atoms with E-state index in [-0.39, 0.29) is 11.1 Å². The molecule has 9 heteroatoms. The Kier molecular flexibility index (Phi) is 5.72. The SMILES string of the molecule is CCCCCn1c(=O)c2ccccc2n2c(SCc3nc4c(C)cccc4c(=O)[nH]3)nnc12. The summed E-state index contributed by atoms with van der Waals surface area (Å²) >= 11 is 1.43. The van der Waals surface area contributed by atoms with Gasteiger partial charge < -0.3 is 4.98 Å². The Labute approximate surface area is 193 Å². The number of para-hydroxylation sites is 2. The maximum absolute atomic E-state index is 13.1. The van der Waals surface area contributed by atoms with Crippen molar-refractivity contribution in [2.75, 3.05) is 0 Å². The highest BCUT2D eigenvalue weighted by molar-refractivity contribution is 7.98. The second kappa shape index (κ2) is 8.82. The van der Waals surface area contributed by atoms with Gasteiger partial charge >= 0.3 is 0 Å². The van der Waals surface area contributed by atoms with E-state index in [1.807, 2.05) is 47.7 Å². The van der Waals surface area contributed by atoms with Crippen molar-refractivity contribution in [3.8, 4) is 0 Å². The van der Waals surface area contributed by atoms with Crippen molar-refractivity contribution in [2.45, 2.75) is 50.6 Å². The molecule has 0 saturated heterocycles. The Balaban J connectivity index is 1.57. The smallest absolute Gasteiger partial charge is 0.262 e. The Morgan fingerprint density at radius 1 is 1.00 bits per heavy atom. The van der Waals surface area contributed by atoms with Crippen LogP contribution in [0.5, 0.6) is 0 Å². The van der Waals surface area contributed by atoms with Gasteiger partial charge in [-0.2, -0.15) is 0 Å². The minimum absolute atomic E-state index is 0.0471. The Morgan fingerprint density at radius 2 is 1.82 bits per heavy atom. The van der Waals surface area contributed by atoms with Gasteiger partial charge in [0.2, 0.25) is 5.78 Å². The highest BCUT2D eigenvalue weighted by atomic mass is 32.2. The lowest BCUT2D eigenvalue weighted by molar-refractivity contribution is 0.594. The molecule has 0 aliphatic heterocycles. The van der Waals surface area contributed by atoms with Crippen LogP contribution in [0.1, 0.15) is 37.6 Å². The van der Waals surface area contributed by atoms with Crippen LogP contribution >= 0.6 is 11.8 Å². The number of aromatic nitrogens is 6. The molecule has 0 bridgehead atoms. The number of aryl methyl sites for hydroxylation is 2. The van der Waals surface area contributed by atoms with Crippen molar-refractivity contribution in [3.63, 3.8) is 0 Å². The molecule has 8 nitrogen and oxygen atoms in total. The van der Waals surface area contributed by atoms with Crippen molar-refractivity contribution < 1.29 is 0 Å². The normalized spacial score (nSPS) is 11.7. The van der Waals surface area contributed by atoms with Crippen LogP contribution in [0.25, 0.3) is 27.6 Å². The first kappa shape index (κ1) is 21.4. The highest BCUT2D eigenvalue weighted by Crippen LogP contribution is 2.24. The van der Waals surface area contributed by atoms with E-state index in [1.165, 1.54) is 11.8 Å². The van der Waals surface area contributed by atoms with Crippen molar-refractivity contribution in [1.29, 1.82) is 0 Å². The third-order valence-corrected chi connectivity index (χ3v) is 6.73. The number of rotatable bonds is 7. The van der Waals surface area contributed by atoms with E-state index in [2.05, 4.69) is 27.1 Å². The first-order valence-electron chi connectivity index (χ1n) is 11.1. The summed E-state index contributed by atoms with van der Waals surface area (Å²) in [7, 11) is 0. The zero-order valence-corrected chi connectivity index (χ0v) is 19.4. The number of unbranched alkanes of at least 4 members (excludes halogenated alkanes) is 2. The zero-order valence-electron chi connectivity index (χ0n) is 18.5. The molecule has 0 atom stereocenters. The van der Waals surface area contributed by atoms with Gasteiger partial charge in [-0.15, -0.1) is 10.2 Å². The summed E-state index contributed by atoms with van der Waals surface area (Å²) < 4.78 is 3.65. The number of fused-ring (bicyclic) bond motifs is 4. The molecule has 0 amide bonds. The number of aromatic amines is 1. The van der Waals surface area contributed by atoms with E-state index in [0.717, 1.165) is 30.3 Å². The van der Waals surface area contributed by atoms with Crippen molar-refractivity contribution >= 4 is 39.3 Å². The number of hydrogen-bond acceptors (Lipinski definition) is 6. The minimum atomic E-state index is -0.152. The predicted octanol–water partition coefficient (Wildman–Crippen LogP) is 4.07. The molecule has 0 saturated carbocycles. The Morgan fingerprint density at radius 3 is 2.67 bits per heavy atom. The lowest BCUT2D eigenvalue weighted by Gasteiger charge is -2.11. The lowest BCUT2D eigenvalue weighted by atomic mass is 10.1. The van der Waals surface area contributed by atoms with E-state index in [0.29, 0.717) is 45.3 Å². The second-order valence-corrected chi connectivity index (χ2v) is 9.01. The molecule has 3 heterocycles. The standard InChI is InChI=1S/C24H24N6O2S/c1-3-4-7-13-29-22(32)16-10-5-6-12-18(16)30-23(29)27-28-24(30)33-14-19-25-20-15(2)9-8-11-17(20)21(31)26-19/h5-6,8-12H,3-4,7,13-14H2,1-2H3,(H,25,26,31). The summed E-state index contributed by atoms with van der Waals surface area (Å²) in [5, 5.41) is 10.6. The van der Waals surface area contributed by atoms with Gasteiger partial charge in [-0.25, -0.2) is 4.98 Å². The van der Waals surface area contributed by atoms with Gasteiger partial charge in [0.05, 0.1) is 27.6 Å². The van der Waals surface area contributed by atoms with Gasteiger partial charge in [-0.1, -0.05) is 55.8 Å². The lowest BCUT2D eigenvalue weighted by Crippen LogP contribution is -2.23. The van der Waals surface area contributed by atoms with Gasteiger partial charge in [-0.3, -0.25) is 18.6 Å². The molecule has 0 unspecified atom stereocenters. The minimum Gasteiger partial charge on any atom is -0.309 e. The molecule has 1 N–H and O–H groups in total. The van der Waals surface area contributed by atoms with Gasteiger partial charge in [0.25, 0.3) is 11.1 Å². The third kappa shape index (κ3) is 3.82. The summed E-state index contributed by atoms with van der Waals surface area (Å²) in [5.41, 5.74) is 2.24. The zero-order chi connectivity index (χ0) is 22.9. The number of benzene rings is 2. The van der Waals surface area contributed by atoms with Crippen LogP contribution in [-0.4, -0.2) is 29.1 Å². The van der Waals surface area contributed by atoms with E-state index in [1.54, 1.807) is 10.6 Å². The molecule has 0 spiro atoms. The van der Waals surface area contributed by atoms with Crippen LogP contribution in [0.15, 0.2) is 57.2 Å². The average molecular weight is 461 g/mol. The van der Waals surface area contributed by atoms with E-state index in [4.69, 9.17) is 0 Å². The van der Waals surface area contributed by atoms with E-state index < -0.39 is 0 Å². The molecule has 5 rings (SSSR count). The van der Waals surface area contributed by atoms with Gasteiger partial charge in [0.1, 0.15) is 5.82 Å². The fraction of sp³-hybridized carbons (Fsp3) is 0.292. The number of thioether (sulfide) groups is 1. The summed E-state index contributed by atoms with van der Waals surface area (Å²) in [6.45, 7) is 4.68. The number of nitrogens with one attached hydrogen (secondary N) is 1. The molecule has 0 aliphatic carbocycles. The van der Waals surface area contributed by atoms with E-state index in [9.17, 15) is 9.59 Å². The summed E-state index contributed by atoms with van der Waals surface area (Å²) in [6, 6.07) is 13.1. The van der Waals surface area contributed by atoms with Crippen molar-refractivity contribution in [1.82, 2.24) is 29.1 Å². The van der Waals surface area contributed by atoms with Crippen LogP contribution in [0, 0.1) is 6.92 Å². The highest BCUT2D eigenvalue weighted by Gasteiger charge is 2.17. The average Bonchev–Trinajstić information content (AvgIpc) is 3.25. The predicted molar refractivity (Wildman–Crippen MR) is 131 cm³/mol. The fourth-order valence-corrected chi connectivity index (χ4v) is 4.91. The molecule has 0 aliphatic rings. The van der Waals surface area contributed by atoms with Crippen molar-refractivity contribution in [3.05, 3.63) is 74.6 Å². The molecule has 0 radical (unpaired) electrons. The largest absolute Gasteiger partial charge is 0.309 e. The first-order valence-corrected chi connectivity index (χ1v) is 12.0. The van der Waals surface area contributed by atoms with Crippen LogP contribution in [-0.2, 0) is 12.3 Å². The number of hydrogen-bond donors (Lipinski definition) is 1. The van der Waals surface area contributed by atoms with Gasteiger partial charge in [-0.05, 0) is 37.1 Å². The van der Waals surface area contributed by atoms with Crippen LogP contribution in [0.2, 0.25) is 0 Å². The molecular formula is C24H24N6O2S. The number of nitrogens with zero attached hydrogens (tertiary/aromatic N) is 5. The molecule has 5 aromatic rings. The van der Waals surface area contributed by atoms with Crippen LogP contribution in [0.4, 0.5) is 0 Å². The summed E-state index contributed by atoms with van der Waals surface area (Å²) in [5.74, 6) is 1.53. The third-order valence-electron chi connectivity index (χ3n) is 5.79. The second-order valence-electron chi connectivity index (χ2n) is 8.07. The fourth-order valence-electron chi connectivity index (χ4n) is 4.10. The Hall–Kier alpha value is -3.46. The quantitative estimate of drug-likeness (QED) is 0.290. The molecule has 3 aromatic heterocycles. The van der Waals surface area contributed by atoms with Gasteiger partial charge in [0.15, 0.2) is 5.16 Å². The summed E-state index contributed by atoms with van der Waals surface area (Å²) in [6.07, 6.45) is 3.02. The molecular weight excluding hydrogens is 436 g/mol. The van der Waals surface area contributed by atoms with Crippen LogP contribution < -0.4 is 11.1 Å². The number of H-pyrrole nitrogens is 1. The van der Waals surface area contributed by atoms with Gasteiger partial charge in [0, 0.05) is 6.54 Å². The molecule has 2 aromatic carbocycles. The monoisotopic (exact) mass is 460 g/mol. The van der Waals surface area contributed by atoms with Crippen LogP contribution in [0.3, 0.4) is 0 Å². The first-order chi connectivity index (χ1) is 16.1. The molecule has 33 heavy (non-hydrogen) atoms. The van der Waals surface area contributed by atoms with E-state index >= 15 is 0 Å². The summed E-state index contributed by atoms with van der Waals surface area (Å²) in [4.78, 5) is 33.2. The molecule has 0 fully saturated rings. The topological polar surface area (TPSA) is 97.9 Å². The molecule has 168 valence electrons. The van der Waals surface area contributed by atoms with Crippen molar-refractivity contribution in [2.24, 2.45) is 0 Å². The maximum Gasteiger partial charge on any atom is 0.262 e.